The molecule has 6 nitrogen and oxygen atoms in total. The predicted molar refractivity (Wildman–Crippen MR) is 126 cm³/mol. The third kappa shape index (κ3) is 5.02. The Morgan fingerprint density at radius 2 is 2.13 bits per heavy atom. The van der Waals surface area contributed by atoms with Crippen molar-refractivity contribution in [3.05, 3.63) is 67.9 Å². The van der Waals surface area contributed by atoms with Gasteiger partial charge in [0, 0.05) is 16.1 Å². The second-order valence-electron chi connectivity index (χ2n) is 7.54. The van der Waals surface area contributed by atoms with E-state index in [2.05, 4.69) is 10.3 Å². The summed E-state index contributed by atoms with van der Waals surface area (Å²) in [7, 11) is 1.58. The summed E-state index contributed by atoms with van der Waals surface area (Å²) in [5.41, 5.74) is 3.64. The number of carbonyl (C=O) groups excluding carboxylic acids is 1. The number of benzene rings is 1. The fraction of sp³-hybridized carbons (Fsp3) is 0.348. The average Bonchev–Trinajstić information content (AvgIpc) is 3.28. The number of rotatable bonds is 7. The third-order valence-electron chi connectivity index (χ3n) is 5.31. The van der Waals surface area contributed by atoms with E-state index in [9.17, 15) is 9.59 Å². The van der Waals surface area contributed by atoms with Crippen molar-refractivity contribution in [3.63, 3.8) is 0 Å². The number of carbonyl (C=O) groups is 1. The van der Waals surface area contributed by atoms with Crippen molar-refractivity contribution in [1.82, 2.24) is 9.55 Å². The van der Waals surface area contributed by atoms with Crippen molar-refractivity contribution >= 4 is 34.7 Å². The topological polar surface area (TPSA) is 73.2 Å². The molecule has 0 saturated heterocycles. The van der Waals surface area contributed by atoms with E-state index in [1.807, 2.05) is 47.2 Å². The molecular formula is C23H25N3O3S2. The van der Waals surface area contributed by atoms with E-state index in [1.54, 1.807) is 18.4 Å². The molecule has 4 rings (SSSR count). The number of nitrogens with zero attached hydrogens (tertiary/aromatic N) is 2. The minimum absolute atomic E-state index is 0.150. The van der Waals surface area contributed by atoms with Crippen LogP contribution in [0.1, 0.15) is 34.5 Å². The fourth-order valence-electron chi connectivity index (χ4n) is 3.83. The maximum Gasteiger partial charge on any atom is 0.349 e. The number of anilines is 1. The van der Waals surface area contributed by atoms with Crippen LogP contribution in [-0.2, 0) is 24.2 Å². The van der Waals surface area contributed by atoms with Gasteiger partial charge in [-0.15, -0.1) is 11.3 Å². The van der Waals surface area contributed by atoms with Gasteiger partial charge in [-0.05, 0) is 61.7 Å². The molecule has 1 amide bonds. The Balaban J connectivity index is 1.52. The summed E-state index contributed by atoms with van der Waals surface area (Å²) in [6, 6.07) is 9.69. The van der Waals surface area contributed by atoms with Gasteiger partial charge in [0.2, 0.25) is 5.91 Å². The van der Waals surface area contributed by atoms with Gasteiger partial charge in [0.1, 0.15) is 10.8 Å². The van der Waals surface area contributed by atoms with Gasteiger partial charge >= 0.3 is 5.69 Å². The van der Waals surface area contributed by atoms with E-state index in [0.717, 1.165) is 47.4 Å². The van der Waals surface area contributed by atoms with Gasteiger partial charge in [0.15, 0.2) is 0 Å². The standard InChI is InChI=1S/C23H25N3O3S2/c1-15-9-10-20(29-2)18(12-15)24-21(27)14-31-22-17-7-3-4-8-19(17)26(23(28)25-22)13-16-6-5-11-30-16/h5-6,9-12H,3-4,7-8,13-14H2,1-2H3,(H,24,27). The third-order valence-corrected chi connectivity index (χ3v) is 7.19. The summed E-state index contributed by atoms with van der Waals surface area (Å²) in [6.45, 7) is 2.52. The van der Waals surface area contributed by atoms with Crippen molar-refractivity contribution in [2.24, 2.45) is 0 Å². The Morgan fingerprint density at radius 3 is 2.90 bits per heavy atom. The van der Waals surface area contributed by atoms with Crippen molar-refractivity contribution < 1.29 is 9.53 Å². The lowest BCUT2D eigenvalue weighted by Crippen LogP contribution is -2.30. The minimum Gasteiger partial charge on any atom is -0.495 e. The number of aromatic nitrogens is 2. The van der Waals surface area contributed by atoms with Crippen LogP contribution >= 0.6 is 23.1 Å². The number of aryl methyl sites for hydroxylation is 1. The van der Waals surface area contributed by atoms with Crippen LogP contribution in [0.4, 0.5) is 5.69 Å². The monoisotopic (exact) mass is 455 g/mol. The first-order chi connectivity index (χ1) is 15.0. The zero-order valence-corrected chi connectivity index (χ0v) is 19.3. The lowest BCUT2D eigenvalue weighted by atomic mass is 9.97. The molecule has 0 saturated carbocycles. The van der Waals surface area contributed by atoms with Gasteiger partial charge < -0.3 is 10.1 Å². The summed E-state index contributed by atoms with van der Waals surface area (Å²) in [6.07, 6.45) is 3.91. The van der Waals surface area contributed by atoms with Crippen LogP contribution in [0.3, 0.4) is 0 Å². The second-order valence-corrected chi connectivity index (χ2v) is 9.53. The smallest absolute Gasteiger partial charge is 0.349 e. The van der Waals surface area contributed by atoms with Crippen molar-refractivity contribution in [2.75, 3.05) is 18.2 Å². The number of hydrogen-bond donors (Lipinski definition) is 1. The Morgan fingerprint density at radius 1 is 1.29 bits per heavy atom. The maximum absolute atomic E-state index is 12.8. The molecule has 0 unspecified atom stereocenters. The molecule has 1 N–H and O–H groups in total. The molecule has 3 aromatic rings. The highest BCUT2D eigenvalue weighted by Crippen LogP contribution is 2.30. The number of hydrogen-bond acceptors (Lipinski definition) is 6. The number of ether oxygens (including phenoxy) is 1. The molecule has 1 aliphatic carbocycles. The largest absolute Gasteiger partial charge is 0.495 e. The highest BCUT2D eigenvalue weighted by atomic mass is 32.2. The van der Waals surface area contributed by atoms with E-state index in [0.29, 0.717) is 23.0 Å². The van der Waals surface area contributed by atoms with E-state index in [-0.39, 0.29) is 17.3 Å². The zero-order valence-electron chi connectivity index (χ0n) is 17.6. The first kappa shape index (κ1) is 21.6. The summed E-state index contributed by atoms with van der Waals surface area (Å²) in [4.78, 5) is 30.9. The molecule has 0 radical (unpaired) electrons. The summed E-state index contributed by atoms with van der Waals surface area (Å²) in [5.74, 6) is 0.656. The Labute approximate surface area is 189 Å². The Kier molecular flexibility index (Phi) is 6.77. The average molecular weight is 456 g/mol. The van der Waals surface area contributed by atoms with Gasteiger partial charge in [-0.2, -0.15) is 4.98 Å². The molecule has 0 aliphatic heterocycles. The molecule has 1 aliphatic rings. The van der Waals surface area contributed by atoms with Crippen LogP contribution < -0.4 is 15.7 Å². The predicted octanol–water partition coefficient (Wildman–Crippen LogP) is 4.28. The summed E-state index contributed by atoms with van der Waals surface area (Å²) < 4.78 is 7.14. The molecular weight excluding hydrogens is 430 g/mol. The van der Waals surface area contributed by atoms with Crippen LogP contribution in [0, 0.1) is 6.92 Å². The molecule has 2 aromatic heterocycles. The van der Waals surface area contributed by atoms with Gasteiger partial charge in [-0.3, -0.25) is 9.36 Å². The van der Waals surface area contributed by atoms with Crippen molar-refractivity contribution in [1.29, 1.82) is 0 Å². The number of thioether (sulfide) groups is 1. The molecule has 2 heterocycles. The van der Waals surface area contributed by atoms with E-state index < -0.39 is 0 Å². The Hall–Kier alpha value is -2.58. The highest BCUT2D eigenvalue weighted by molar-refractivity contribution is 8.00. The van der Waals surface area contributed by atoms with Crippen molar-refractivity contribution in [2.45, 2.75) is 44.2 Å². The quantitative estimate of drug-likeness (QED) is 0.425. The van der Waals surface area contributed by atoms with E-state index in [1.165, 1.54) is 11.8 Å². The normalized spacial score (nSPS) is 13.0. The number of methoxy groups -OCH3 is 1. The minimum atomic E-state index is -0.239. The SMILES string of the molecule is COc1ccc(C)cc1NC(=O)CSc1nc(=O)n(Cc2cccs2)c2c1CCCC2. The fourth-order valence-corrected chi connectivity index (χ4v) is 5.40. The maximum atomic E-state index is 12.8. The Bertz CT molecular complexity index is 1140. The number of amides is 1. The molecule has 31 heavy (non-hydrogen) atoms. The number of thiophene rings is 1. The van der Waals surface area contributed by atoms with Crippen LogP contribution in [-0.4, -0.2) is 28.3 Å². The van der Waals surface area contributed by atoms with Crippen LogP contribution in [0.5, 0.6) is 5.75 Å². The lowest BCUT2D eigenvalue weighted by Gasteiger charge is -2.22. The first-order valence-corrected chi connectivity index (χ1v) is 12.1. The molecule has 1 aromatic carbocycles. The number of fused-ring (bicyclic) bond motifs is 1. The molecule has 0 bridgehead atoms. The second kappa shape index (κ2) is 9.70. The van der Waals surface area contributed by atoms with Gasteiger partial charge in [0.05, 0.1) is 25.1 Å². The molecule has 0 fully saturated rings. The van der Waals surface area contributed by atoms with Crippen LogP contribution in [0.25, 0.3) is 0 Å². The van der Waals surface area contributed by atoms with Gasteiger partial charge in [-0.25, -0.2) is 4.79 Å². The summed E-state index contributed by atoms with van der Waals surface area (Å²) >= 11 is 2.98. The zero-order chi connectivity index (χ0) is 21.8. The lowest BCUT2D eigenvalue weighted by molar-refractivity contribution is -0.113. The first-order valence-electron chi connectivity index (χ1n) is 10.3. The van der Waals surface area contributed by atoms with Crippen LogP contribution in [0.15, 0.2) is 45.5 Å². The van der Waals surface area contributed by atoms with Crippen molar-refractivity contribution in [3.8, 4) is 5.75 Å². The molecule has 8 heteroatoms. The van der Waals surface area contributed by atoms with Crippen LogP contribution in [0.2, 0.25) is 0 Å². The van der Waals surface area contributed by atoms with E-state index >= 15 is 0 Å². The van der Waals surface area contributed by atoms with Gasteiger partial charge in [-0.1, -0.05) is 23.9 Å². The highest BCUT2D eigenvalue weighted by Gasteiger charge is 2.21. The molecule has 0 spiro atoms. The summed E-state index contributed by atoms with van der Waals surface area (Å²) in [5, 5.41) is 5.62. The number of nitrogens with one attached hydrogen (secondary N) is 1. The van der Waals surface area contributed by atoms with E-state index in [4.69, 9.17) is 4.74 Å². The van der Waals surface area contributed by atoms with Gasteiger partial charge in [0.25, 0.3) is 0 Å². The molecule has 0 atom stereocenters. The molecule has 162 valence electrons.